The van der Waals surface area contributed by atoms with Crippen LogP contribution in [0.15, 0.2) is 10.5 Å². The number of carbonyl (C=O) groups is 3. The van der Waals surface area contributed by atoms with E-state index in [1.807, 2.05) is 0 Å². The zero-order valence-corrected chi connectivity index (χ0v) is 15.7. The Morgan fingerprint density at radius 1 is 1.20 bits per heavy atom. The van der Waals surface area contributed by atoms with E-state index in [1.165, 1.54) is 6.07 Å². The van der Waals surface area contributed by atoms with Gasteiger partial charge in [-0.05, 0) is 41.0 Å². The molecule has 0 spiro atoms. The van der Waals surface area contributed by atoms with E-state index in [1.54, 1.807) is 41.5 Å². The van der Waals surface area contributed by atoms with Crippen LogP contribution in [0.3, 0.4) is 0 Å². The van der Waals surface area contributed by atoms with Crippen molar-refractivity contribution in [2.75, 3.05) is 0 Å². The summed E-state index contributed by atoms with van der Waals surface area (Å²) in [6.07, 6.45) is 0.904. The number of nitrogens with one attached hydrogen (secondary N) is 1. The van der Waals surface area contributed by atoms with E-state index in [-0.39, 0.29) is 29.5 Å². The molecule has 0 aliphatic carbocycles. The van der Waals surface area contributed by atoms with Gasteiger partial charge in [-0.2, -0.15) is 0 Å². The van der Waals surface area contributed by atoms with E-state index >= 15 is 0 Å². The summed E-state index contributed by atoms with van der Waals surface area (Å²) in [5.41, 5.74) is -1.25. The van der Waals surface area contributed by atoms with Gasteiger partial charge in [0.25, 0.3) is 5.91 Å². The van der Waals surface area contributed by atoms with Crippen molar-refractivity contribution >= 4 is 17.8 Å². The summed E-state index contributed by atoms with van der Waals surface area (Å²) in [7, 11) is 0. The highest BCUT2D eigenvalue weighted by Gasteiger charge is 2.27. The molecule has 0 saturated carbocycles. The maximum Gasteiger partial charge on any atom is 0.339 e. The number of rotatable bonds is 7. The zero-order valence-electron chi connectivity index (χ0n) is 15.7. The Labute approximate surface area is 147 Å². The number of hydrogen-bond donors (Lipinski definition) is 2. The summed E-state index contributed by atoms with van der Waals surface area (Å²) in [5, 5.41) is 11.9. The molecule has 0 aliphatic heterocycles. The van der Waals surface area contributed by atoms with Gasteiger partial charge in [0.1, 0.15) is 16.9 Å². The van der Waals surface area contributed by atoms with Crippen molar-refractivity contribution in [2.24, 2.45) is 0 Å². The van der Waals surface area contributed by atoms with Gasteiger partial charge in [-0.25, -0.2) is 4.79 Å². The fourth-order valence-electron chi connectivity index (χ4n) is 2.22. The number of aryl methyl sites for hydroxylation is 1. The minimum absolute atomic E-state index is 0.0146. The second kappa shape index (κ2) is 7.72. The quantitative estimate of drug-likeness (QED) is 0.729. The lowest BCUT2D eigenvalue weighted by Crippen LogP contribution is -2.43. The number of aromatic carboxylic acids is 1. The second-order valence-corrected chi connectivity index (χ2v) is 7.53. The molecule has 25 heavy (non-hydrogen) atoms. The van der Waals surface area contributed by atoms with Gasteiger partial charge in [0.2, 0.25) is 0 Å². The average Bonchev–Trinajstić information content (AvgIpc) is 2.87. The Balaban J connectivity index is 2.71. The minimum Gasteiger partial charge on any atom is -0.478 e. The molecule has 0 aliphatic rings. The monoisotopic (exact) mass is 353 g/mol. The fraction of sp³-hybridized carbons (Fsp3) is 0.611. The number of amides is 1. The fourth-order valence-corrected chi connectivity index (χ4v) is 2.22. The molecule has 0 aromatic carbocycles. The molecule has 0 bridgehead atoms. The van der Waals surface area contributed by atoms with Crippen LogP contribution in [-0.4, -0.2) is 34.1 Å². The first-order chi connectivity index (χ1) is 11.3. The highest BCUT2D eigenvalue weighted by Crippen LogP contribution is 2.19. The van der Waals surface area contributed by atoms with E-state index < -0.39 is 23.0 Å². The minimum atomic E-state index is -1.14. The van der Waals surface area contributed by atoms with Gasteiger partial charge in [-0.1, -0.05) is 6.92 Å². The van der Waals surface area contributed by atoms with Gasteiger partial charge in [-0.15, -0.1) is 0 Å². The average molecular weight is 353 g/mol. The zero-order chi connectivity index (χ0) is 19.4. The van der Waals surface area contributed by atoms with Crippen molar-refractivity contribution in [1.29, 1.82) is 0 Å². The van der Waals surface area contributed by atoms with E-state index in [2.05, 4.69) is 5.32 Å². The van der Waals surface area contributed by atoms with E-state index in [4.69, 9.17) is 14.3 Å². The standard InChI is InChI=1S/C18H27NO6/c1-7-12-11(16(22)23)10-13(24-12)15(21)19-18(5,6)9-8-14(20)25-17(2,3)4/h10H,7-9H2,1-6H3,(H,19,21)(H,22,23). The predicted octanol–water partition coefficient (Wildman–Crippen LogP) is 3.17. The summed E-state index contributed by atoms with van der Waals surface area (Å²) in [6, 6.07) is 1.22. The molecule has 0 saturated heterocycles. The molecular formula is C18H27NO6. The normalized spacial score (nSPS) is 11.9. The van der Waals surface area contributed by atoms with Crippen molar-refractivity contribution in [3.63, 3.8) is 0 Å². The number of furan rings is 1. The highest BCUT2D eigenvalue weighted by molar-refractivity contribution is 5.96. The third-order valence-electron chi connectivity index (χ3n) is 3.41. The van der Waals surface area contributed by atoms with Gasteiger partial charge in [-0.3, -0.25) is 9.59 Å². The van der Waals surface area contributed by atoms with Crippen LogP contribution in [0.4, 0.5) is 0 Å². The second-order valence-electron chi connectivity index (χ2n) is 7.53. The molecule has 0 atom stereocenters. The maximum atomic E-state index is 12.3. The highest BCUT2D eigenvalue weighted by atomic mass is 16.6. The van der Waals surface area contributed by atoms with Crippen molar-refractivity contribution in [3.05, 3.63) is 23.2 Å². The van der Waals surface area contributed by atoms with Crippen LogP contribution in [0.5, 0.6) is 0 Å². The summed E-state index contributed by atoms with van der Waals surface area (Å²) in [6.45, 7) is 10.7. The van der Waals surface area contributed by atoms with Gasteiger partial charge in [0.15, 0.2) is 5.76 Å². The summed E-state index contributed by atoms with van der Waals surface area (Å²) >= 11 is 0. The third kappa shape index (κ3) is 6.60. The molecule has 0 unspecified atom stereocenters. The lowest BCUT2D eigenvalue weighted by molar-refractivity contribution is -0.155. The van der Waals surface area contributed by atoms with Gasteiger partial charge in [0, 0.05) is 24.4 Å². The van der Waals surface area contributed by atoms with Crippen molar-refractivity contribution in [3.8, 4) is 0 Å². The van der Waals surface area contributed by atoms with Crippen LogP contribution in [0.2, 0.25) is 0 Å². The number of carboxylic acids is 1. The van der Waals surface area contributed by atoms with E-state index in [0.29, 0.717) is 12.8 Å². The Morgan fingerprint density at radius 2 is 1.80 bits per heavy atom. The Bertz CT molecular complexity index is 651. The van der Waals surface area contributed by atoms with Crippen molar-refractivity contribution in [1.82, 2.24) is 5.32 Å². The molecular weight excluding hydrogens is 326 g/mol. The molecule has 7 heteroatoms. The smallest absolute Gasteiger partial charge is 0.339 e. The number of esters is 1. The largest absolute Gasteiger partial charge is 0.478 e. The summed E-state index contributed by atoms with van der Waals surface area (Å²) in [4.78, 5) is 35.3. The number of hydrogen-bond acceptors (Lipinski definition) is 5. The Kier molecular flexibility index (Phi) is 6.40. The maximum absolute atomic E-state index is 12.3. The van der Waals surface area contributed by atoms with Crippen LogP contribution < -0.4 is 5.32 Å². The SMILES string of the molecule is CCc1oc(C(=O)NC(C)(C)CCC(=O)OC(C)(C)C)cc1C(=O)O. The first-order valence-electron chi connectivity index (χ1n) is 8.25. The predicted molar refractivity (Wildman–Crippen MR) is 91.7 cm³/mol. The molecule has 1 rings (SSSR count). The molecule has 1 heterocycles. The third-order valence-corrected chi connectivity index (χ3v) is 3.41. The van der Waals surface area contributed by atoms with Crippen LogP contribution in [0, 0.1) is 0 Å². The van der Waals surface area contributed by atoms with Crippen LogP contribution in [-0.2, 0) is 16.0 Å². The van der Waals surface area contributed by atoms with Crippen LogP contribution in [0.1, 0.15) is 81.1 Å². The van der Waals surface area contributed by atoms with E-state index in [0.717, 1.165) is 0 Å². The van der Waals surface area contributed by atoms with Crippen LogP contribution in [0.25, 0.3) is 0 Å². The van der Waals surface area contributed by atoms with Gasteiger partial charge in [0.05, 0.1) is 0 Å². The summed E-state index contributed by atoms with van der Waals surface area (Å²) < 4.78 is 10.6. The molecule has 0 radical (unpaired) electrons. The van der Waals surface area contributed by atoms with E-state index in [9.17, 15) is 14.4 Å². The topological polar surface area (TPSA) is 106 Å². The molecule has 1 aromatic rings. The molecule has 140 valence electrons. The number of carboxylic acid groups (broad SMARTS) is 1. The van der Waals surface area contributed by atoms with Crippen molar-refractivity contribution in [2.45, 2.75) is 71.9 Å². The Hall–Kier alpha value is -2.31. The first-order valence-corrected chi connectivity index (χ1v) is 8.25. The molecule has 7 nitrogen and oxygen atoms in total. The molecule has 1 amide bonds. The molecule has 0 fully saturated rings. The first kappa shape index (κ1) is 20.7. The number of carbonyl (C=O) groups excluding carboxylic acids is 2. The number of ether oxygens (including phenoxy) is 1. The van der Waals surface area contributed by atoms with Crippen LogP contribution >= 0.6 is 0 Å². The van der Waals surface area contributed by atoms with Gasteiger partial charge >= 0.3 is 11.9 Å². The van der Waals surface area contributed by atoms with Gasteiger partial charge < -0.3 is 19.6 Å². The lowest BCUT2D eigenvalue weighted by Gasteiger charge is -2.26. The lowest BCUT2D eigenvalue weighted by atomic mass is 9.98. The molecule has 1 aromatic heterocycles. The molecule has 2 N–H and O–H groups in total. The van der Waals surface area contributed by atoms with Crippen molar-refractivity contribution < 1.29 is 28.6 Å². The summed E-state index contributed by atoms with van der Waals surface area (Å²) in [5.74, 6) is -1.79. The Morgan fingerprint density at radius 3 is 2.24 bits per heavy atom.